The molecule has 56 heavy (non-hydrogen) atoms. The Morgan fingerprint density at radius 1 is 1.02 bits per heavy atom. The van der Waals surface area contributed by atoms with E-state index in [-0.39, 0.29) is 89.9 Å². The number of piperazine rings is 1. The number of nitrogens with zero attached hydrogens (tertiary/aromatic N) is 9. The van der Waals surface area contributed by atoms with Gasteiger partial charge in [0.05, 0.1) is 34.3 Å². The van der Waals surface area contributed by atoms with Gasteiger partial charge in [0, 0.05) is 57.4 Å². The summed E-state index contributed by atoms with van der Waals surface area (Å²) in [4.78, 5) is 55.9. The van der Waals surface area contributed by atoms with Crippen molar-refractivity contribution in [1.82, 2.24) is 39.3 Å². The van der Waals surface area contributed by atoms with Crippen molar-refractivity contribution >= 4 is 46.0 Å². The lowest BCUT2D eigenvalue weighted by molar-refractivity contribution is -0.137. The molecule has 14 nitrogen and oxygen atoms in total. The molecule has 0 unspecified atom stereocenters. The molecule has 3 aromatic heterocycles. The summed E-state index contributed by atoms with van der Waals surface area (Å²) in [5.41, 5.74) is 1.02. The highest BCUT2D eigenvalue weighted by molar-refractivity contribution is 6.33. The maximum absolute atomic E-state index is 14.4. The number of rotatable bonds is 10. The highest BCUT2D eigenvalue weighted by Gasteiger charge is 2.33. The average molecular weight is 797 g/mol. The van der Waals surface area contributed by atoms with E-state index < -0.39 is 35.5 Å². The Balaban J connectivity index is 1.21. The van der Waals surface area contributed by atoms with Crippen LogP contribution in [0, 0.1) is 12.8 Å². The first-order chi connectivity index (χ1) is 26.7. The van der Waals surface area contributed by atoms with E-state index in [9.17, 15) is 37.1 Å². The molecule has 5 heterocycles. The Labute approximate surface area is 322 Å². The summed E-state index contributed by atoms with van der Waals surface area (Å²) >= 11 is 6.15. The van der Waals surface area contributed by atoms with Gasteiger partial charge in [-0.05, 0) is 49.2 Å². The molecule has 294 valence electrons. The van der Waals surface area contributed by atoms with Gasteiger partial charge in [-0.25, -0.2) is 9.97 Å². The molecular formula is C37H37ClF4N10O4. The minimum atomic E-state index is -4.63. The monoisotopic (exact) mass is 796 g/mol. The van der Waals surface area contributed by atoms with E-state index >= 15 is 0 Å². The lowest BCUT2D eigenvalue weighted by Gasteiger charge is -2.37. The Kier molecular flexibility index (Phi) is 10.7. The van der Waals surface area contributed by atoms with Crippen LogP contribution in [0.25, 0.3) is 16.9 Å². The first-order valence-corrected chi connectivity index (χ1v) is 18.2. The minimum absolute atomic E-state index is 0.0284. The number of likely N-dealkylation sites (tertiary alicyclic amines) is 1. The summed E-state index contributed by atoms with van der Waals surface area (Å²) in [5, 5.41) is 21.9. The number of benzene rings is 2. The molecule has 0 saturated carbocycles. The quantitative estimate of drug-likeness (QED) is 0.192. The van der Waals surface area contributed by atoms with Crippen molar-refractivity contribution < 1.29 is 32.3 Å². The van der Waals surface area contributed by atoms with Gasteiger partial charge in [-0.1, -0.05) is 30.7 Å². The second kappa shape index (κ2) is 15.5. The van der Waals surface area contributed by atoms with Crippen molar-refractivity contribution in [1.29, 1.82) is 0 Å². The number of hydrogen-bond donors (Lipinski definition) is 2. The first kappa shape index (κ1) is 38.6. The first-order valence-electron chi connectivity index (χ1n) is 17.9. The second-order valence-corrected chi connectivity index (χ2v) is 14.2. The van der Waals surface area contributed by atoms with Crippen LogP contribution in [0.15, 0.2) is 53.6 Å². The topological polar surface area (TPSA) is 155 Å². The smallest absolute Gasteiger partial charge is 0.416 e. The van der Waals surface area contributed by atoms with Crippen molar-refractivity contribution in [3.63, 3.8) is 0 Å². The third-order valence-corrected chi connectivity index (χ3v) is 10.3. The third-order valence-electron chi connectivity index (χ3n) is 10.0. The molecule has 2 N–H and O–H groups in total. The zero-order valence-corrected chi connectivity index (χ0v) is 31.1. The number of halogens is 5. The van der Waals surface area contributed by atoms with Gasteiger partial charge in [-0.15, -0.1) is 15.0 Å². The Morgan fingerprint density at radius 2 is 1.73 bits per heavy atom. The fraction of sp³-hybridized carbons (Fsp3) is 0.378. The van der Waals surface area contributed by atoms with E-state index in [4.69, 9.17) is 11.6 Å². The normalized spacial score (nSPS) is 15.3. The number of fused-ring (bicyclic) bond motifs is 1. The van der Waals surface area contributed by atoms with Crippen molar-refractivity contribution in [2.75, 3.05) is 56.2 Å². The number of aromatic nitrogens is 6. The zero-order chi connectivity index (χ0) is 39.9. The van der Waals surface area contributed by atoms with Crippen molar-refractivity contribution in [2.45, 2.75) is 39.5 Å². The summed E-state index contributed by atoms with van der Waals surface area (Å²) < 4.78 is 54.3. The summed E-state index contributed by atoms with van der Waals surface area (Å²) in [6, 6.07) is 9.99. The van der Waals surface area contributed by atoms with Crippen LogP contribution >= 0.6 is 11.6 Å². The zero-order valence-electron chi connectivity index (χ0n) is 30.4. The highest BCUT2D eigenvalue weighted by Crippen LogP contribution is 2.34. The fourth-order valence-corrected chi connectivity index (χ4v) is 7.25. The largest absolute Gasteiger partial charge is 0.504 e. The van der Waals surface area contributed by atoms with Crippen LogP contribution in [0.1, 0.15) is 39.9 Å². The summed E-state index contributed by atoms with van der Waals surface area (Å²) in [7, 11) is 0. The number of pyridine rings is 1. The number of aryl methyl sites for hydroxylation is 1. The van der Waals surface area contributed by atoms with Gasteiger partial charge >= 0.3 is 6.18 Å². The van der Waals surface area contributed by atoms with Crippen molar-refractivity contribution in [2.24, 2.45) is 5.92 Å². The number of anilines is 2. The van der Waals surface area contributed by atoms with Crippen LogP contribution in [-0.2, 0) is 30.5 Å². The molecule has 19 heteroatoms. The molecule has 0 spiro atoms. The number of amides is 2. The molecule has 2 amide bonds. The molecule has 5 aromatic rings. The van der Waals surface area contributed by atoms with Gasteiger partial charge in [0.1, 0.15) is 18.6 Å². The number of alkyl halides is 4. The van der Waals surface area contributed by atoms with E-state index in [2.05, 4.69) is 30.4 Å². The second-order valence-electron chi connectivity index (χ2n) is 13.8. The predicted octanol–water partition coefficient (Wildman–Crippen LogP) is 4.62. The van der Waals surface area contributed by atoms with Crippen LogP contribution in [0.4, 0.5) is 28.9 Å². The van der Waals surface area contributed by atoms with Crippen LogP contribution in [0.5, 0.6) is 5.75 Å². The SMILES string of the molecule is CCc1c(N2CCN(C(=O)c3ncnc(C)c3O)CC2)c(=O)c2nn(-c3ccc(CN4CC(CF)C4)cc3)nc2n1CC(=O)Nc1ccc(C(F)(F)F)cc1Cl. The number of carbonyl (C=O) groups is 2. The Hall–Kier alpha value is -5.62. The standard InChI is InChI=1S/C37H37ClF4N10O4/c1-3-28-32(49-10-12-50(13-11-49)36(56)31-33(54)21(2)43-20-44-31)34(55)30-35(51(28)19-29(53)45-27-9-6-24(14-26(27)38)37(40,41)42)47-52(46-30)25-7-4-22(5-8-25)16-48-17-23(15-39)18-48/h4-9,14,20,23,54H,3,10-13,15-19H2,1-2H3,(H,45,53). The molecular weight excluding hydrogens is 760 g/mol. The summed E-state index contributed by atoms with van der Waals surface area (Å²) in [5.74, 6) is -1.38. The molecule has 2 fully saturated rings. The van der Waals surface area contributed by atoms with Crippen molar-refractivity contribution in [3.8, 4) is 11.4 Å². The van der Waals surface area contributed by atoms with E-state index in [1.807, 2.05) is 24.0 Å². The number of aromatic hydroxyl groups is 1. The molecule has 7 rings (SSSR count). The van der Waals surface area contributed by atoms with Crippen LogP contribution in [0.2, 0.25) is 5.02 Å². The van der Waals surface area contributed by atoms with Crippen molar-refractivity contribution in [3.05, 3.63) is 92.2 Å². The fourth-order valence-electron chi connectivity index (χ4n) is 7.03. The molecule has 2 saturated heterocycles. The average Bonchev–Trinajstić information content (AvgIpc) is 3.62. The molecule has 2 aromatic carbocycles. The lowest BCUT2D eigenvalue weighted by atomic mass is 10.0. The van der Waals surface area contributed by atoms with Crippen LogP contribution in [-0.4, -0.2) is 102 Å². The molecule has 0 bridgehead atoms. The third kappa shape index (κ3) is 7.62. The van der Waals surface area contributed by atoms with Gasteiger partial charge in [-0.3, -0.25) is 23.7 Å². The van der Waals surface area contributed by atoms with Gasteiger partial charge in [0.2, 0.25) is 11.3 Å². The number of nitrogens with one attached hydrogen (secondary N) is 1. The minimum Gasteiger partial charge on any atom is -0.504 e. The van der Waals surface area contributed by atoms with Gasteiger partial charge in [0.15, 0.2) is 22.6 Å². The molecule has 0 radical (unpaired) electrons. The van der Waals surface area contributed by atoms with Crippen LogP contribution in [0.3, 0.4) is 0 Å². The number of hydrogen-bond acceptors (Lipinski definition) is 10. The molecule has 2 aliphatic heterocycles. The molecule has 0 atom stereocenters. The summed E-state index contributed by atoms with van der Waals surface area (Å²) in [6.07, 6.45) is -3.16. The molecule has 0 aliphatic carbocycles. The lowest BCUT2D eigenvalue weighted by Crippen LogP contribution is -2.50. The maximum atomic E-state index is 14.4. The van der Waals surface area contributed by atoms with Crippen LogP contribution < -0.4 is 15.6 Å². The predicted molar refractivity (Wildman–Crippen MR) is 199 cm³/mol. The van der Waals surface area contributed by atoms with Gasteiger partial charge in [0.25, 0.3) is 5.91 Å². The Bertz CT molecular complexity index is 2350. The Morgan fingerprint density at radius 3 is 2.38 bits per heavy atom. The van der Waals surface area contributed by atoms with E-state index in [0.717, 1.165) is 23.8 Å². The summed E-state index contributed by atoms with van der Waals surface area (Å²) in [6.45, 7) is 5.45. The maximum Gasteiger partial charge on any atom is 0.416 e. The highest BCUT2D eigenvalue weighted by atomic mass is 35.5. The van der Waals surface area contributed by atoms with E-state index in [1.54, 1.807) is 23.6 Å². The van der Waals surface area contributed by atoms with Gasteiger partial charge in [-0.2, -0.15) is 13.2 Å². The number of carbonyl (C=O) groups excluding carboxylic acids is 2. The van der Waals surface area contributed by atoms with Gasteiger partial charge < -0.3 is 24.8 Å². The van der Waals surface area contributed by atoms with E-state index in [1.165, 1.54) is 16.0 Å². The van der Waals surface area contributed by atoms with E-state index in [0.29, 0.717) is 31.0 Å². The molecule has 2 aliphatic rings.